The molecular weight excluding hydrogens is 488 g/mol. The zero-order valence-electron chi connectivity index (χ0n) is 23.5. The molecule has 1 aliphatic heterocycles. The van der Waals surface area contributed by atoms with E-state index in [2.05, 4.69) is 6.92 Å². The van der Waals surface area contributed by atoms with E-state index >= 15 is 0 Å². The Morgan fingerprint density at radius 3 is 2.37 bits per heavy atom. The van der Waals surface area contributed by atoms with E-state index in [4.69, 9.17) is 4.74 Å². The van der Waals surface area contributed by atoms with Gasteiger partial charge in [0.15, 0.2) is 5.78 Å². The van der Waals surface area contributed by atoms with Gasteiger partial charge in [-0.15, -0.1) is 0 Å². The van der Waals surface area contributed by atoms with Crippen LogP contribution in [0.15, 0.2) is 11.6 Å². The third-order valence-corrected chi connectivity index (χ3v) is 11.9. The molecule has 0 aromatic heterocycles. The van der Waals surface area contributed by atoms with E-state index in [9.17, 15) is 34.2 Å². The number of hydrogen-bond acceptors (Lipinski definition) is 7. The Morgan fingerprint density at radius 1 is 1.13 bits per heavy atom. The van der Waals surface area contributed by atoms with E-state index in [0.717, 1.165) is 5.57 Å². The highest BCUT2D eigenvalue weighted by atomic mass is 16.6. The second-order valence-corrected chi connectivity index (χ2v) is 14.1. The summed E-state index contributed by atoms with van der Waals surface area (Å²) in [4.78, 5) is 65.1. The summed E-state index contributed by atoms with van der Waals surface area (Å²) in [5, 5.41) is 20.8. The number of aliphatic carboxylic acids is 1. The highest BCUT2D eigenvalue weighted by Gasteiger charge is 2.86. The van der Waals surface area contributed by atoms with Crippen LogP contribution in [0.1, 0.15) is 87.0 Å². The largest absolute Gasteiger partial charge is 0.481 e. The number of ketones is 4. The van der Waals surface area contributed by atoms with E-state index in [1.54, 1.807) is 19.9 Å². The van der Waals surface area contributed by atoms with Gasteiger partial charge in [0.1, 0.15) is 23.0 Å². The van der Waals surface area contributed by atoms with Crippen molar-refractivity contribution in [2.45, 2.75) is 104 Å². The first-order valence-corrected chi connectivity index (χ1v) is 13.8. The number of allylic oxidation sites excluding steroid dienone is 1. The van der Waals surface area contributed by atoms with Crippen LogP contribution in [-0.4, -0.2) is 56.6 Å². The lowest BCUT2D eigenvalue weighted by Gasteiger charge is -2.60. The monoisotopic (exact) mass is 528 g/mol. The van der Waals surface area contributed by atoms with Crippen LogP contribution in [0.25, 0.3) is 0 Å². The van der Waals surface area contributed by atoms with Crippen molar-refractivity contribution in [1.29, 1.82) is 0 Å². The topological polar surface area (TPSA) is 138 Å². The Kier molecular flexibility index (Phi) is 5.56. The molecule has 1 spiro atoms. The SMILES string of the molecule is CC(CC(=O)CC(C)(O)[C@H]1CC(=O)[C@]2(C)[C@]1(C)C(=O)C=C1[C@@]3(C)CCC(=O)C(C)(C)[C@@H]3C[C@H]3O[C@@]132)C(=O)O. The summed E-state index contributed by atoms with van der Waals surface area (Å²) < 4.78 is 6.51. The van der Waals surface area contributed by atoms with Crippen LogP contribution in [0.3, 0.4) is 0 Å². The highest BCUT2D eigenvalue weighted by Crippen LogP contribution is 2.78. The van der Waals surface area contributed by atoms with E-state index in [1.807, 2.05) is 13.8 Å². The summed E-state index contributed by atoms with van der Waals surface area (Å²) >= 11 is 0. The van der Waals surface area contributed by atoms with Gasteiger partial charge in [0.2, 0.25) is 0 Å². The minimum Gasteiger partial charge on any atom is -0.481 e. The molecule has 5 aliphatic rings. The minimum atomic E-state index is -1.69. The quantitative estimate of drug-likeness (QED) is 0.500. The van der Waals surface area contributed by atoms with Crippen molar-refractivity contribution >= 4 is 29.1 Å². The molecule has 4 aliphatic carbocycles. The van der Waals surface area contributed by atoms with Gasteiger partial charge in [-0.05, 0) is 49.7 Å². The summed E-state index contributed by atoms with van der Waals surface area (Å²) in [6, 6.07) is 0. The molecule has 0 aromatic rings. The first-order valence-electron chi connectivity index (χ1n) is 13.8. The van der Waals surface area contributed by atoms with Crippen molar-refractivity contribution in [2.75, 3.05) is 0 Å². The summed E-state index contributed by atoms with van der Waals surface area (Å²) in [5.74, 6) is -3.48. The Balaban J connectivity index is 1.57. The van der Waals surface area contributed by atoms with Crippen molar-refractivity contribution in [3.8, 4) is 0 Å². The van der Waals surface area contributed by atoms with Gasteiger partial charge in [-0.3, -0.25) is 24.0 Å². The number of fused-ring (bicyclic) bond motifs is 3. The van der Waals surface area contributed by atoms with E-state index in [1.165, 1.54) is 13.8 Å². The fourth-order valence-corrected chi connectivity index (χ4v) is 9.39. The second kappa shape index (κ2) is 7.72. The Hall–Kier alpha value is -2.19. The fraction of sp³-hybridized carbons (Fsp3) is 0.767. The van der Waals surface area contributed by atoms with Crippen LogP contribution in [0.4, 0.5) is 0 Å². The van der Waals surface area contributed by atoms with Gasteiger partial charge in [0.25, 0.3) is 0 Å². The van der Waals surface area contributed by atoms with Gasteiger partial charge in [-0.2, -0.15) is 0 Å². The number of epoxide rings is 1. The maximum Gasteiger partial charge on any atom is 0.306 e. The highest BCUT2D eigenvalue weighted by molar-refractivity contribution is 6.08. The molecule has 208 valence electrons. The molecule has 4 fully saturated rings. The fourth-order valence-electron chi connectivity index (χ4n) is 9.39. The third-order valence-electron chi connectivity index (χ3n) is 11.9. The zero-order valence-corrected chi connectivity index (χ0v) is 23.5. The lowest BCUT2D eigenvalue weighted by molar-refractivity contribution is -0.158. The molecule has 8 nitrogen and oxygen atoms in total. The van der Waals surface area contributed by atoms with Crippen LogP contribution >= 0.6 is 0 Å². The Morgan fingerprint density at radius 2 is 1.76 bits per heavy atom. The lowest BCUT2D eigenvalue weighted by Crippen LogP contribution is -2.66. The zero-order chi connectivity index (χ0) is 28.4. The number of carbonyl (C=O) groups is 5. The summed E-state index contributed by atoms with van der Waals surface area (Å²) in [7, 11) is 0. The number of Topliss-reactive ketones (excluding diaryl/α,β-unsaturated/α-hetero) is 3. The summed E-state index contributed by atoms with van der Waals surface area (Å²) in [6.07, 6.45) is 2.31. The molecule has 38 heavy (non-hydrogen) atoms. The van der Waals surface area contributed by atoms with Crippen LogP contribution in [0.2, 0.25) is 0 Å². The number of hydrogen-bond donors (Lipinski definition) is 2. The molecule has 1 heterocycles. The van der Waals surface area contributed by atoms with Crippen LogP contribution in [0.5, 0.6) is 0 Å². The maximum absolute atomic E-state index is 14.2. The molecule has 0 bridgehead atoms. The van der Waals surface area contributed by atoms with Crippen molar-refractivity contribution < 1.29 is 38.9 Å². The van der Waals surface area contributed by atoms with Crippen molar-refractivity contribution in [3.63, 3.8) is 0 Å². The van der Waals surface area contributed by atoms with Crippen molar-refractivity contribution in [3.05, 3.63) is 11.6 Å². The summed E-state index contributed by atoms with van der Waals surface area (Å²) in [5.41, 5.74) is -5.45. The van der Waals surface area contributed by atoms with Gasteiger partial charge in [0, 0.05) is 37.0 Å². The molecule has 2 N–H and O–H groups in total. The number of carboxylic acid groups (broad SMARTS) is 1. The van der Waals surface area contributed by atoms with Gasteiger partial charge >= 0.3 is 5.97 Å². The molecule has 8 heteroatoms. The van der Waals surface area contributed by atoms with E-state index in [-0.39, 0.29) is 48.6 Å². The van der Waals surface area contributed by atoms with Gasteiger partial charge in [-0.25, -0.2) is 0 Å². The molecule has 2 unspecified atom stereocenters. The second-order valence-electron chi connectivity index (χ2n) is 14.1. The van der Waals surface area contributed by atoms with Crippen LogP contribution in [-0.2, 0) is 28.7 Å². The smallest absolute Gasteiger partial charge is 0.306 e. The Labute approximate surface area is 223 Å². The lowest BCUT2D eigenvalue weighted by atomic mass is 9.40. The standard InChI is InChI=1S/C30H40O8/c1-15(24(35)36)10-16(31)14-27(5,37)19-12-22(34)29(7)28(19,6)21(33)11-18-26(4)9-8-20(32)25(2,3)17(26)13-23-30(18,29)38-23/h11,15,17,19,23,37H,8-10,12-14H2,1-7H3,(H,35,36)/t15?,17-,19+,23+,26-,27?,28-,29+,30-/m0/s1. The average Bonchev–Trinajstić information content (AvgIpc) is 3.48. The molecule has 0 aromatic carbocycles. The number of carboxylic acids is 1. The molecule has 1 saturated heterocycles. The predicted octanol–water partition coefficient (Wildman–Crippen LogP) is 3.47. The van der Waals surface area contributed by atoms with Gasteiger partial charge < -0.3 is 14.9 Å². The number of carbonyl (C=O) groups excluding carboxylic acids is 4. The van der Waals surface area contributed by atoms with Gasteiger partial charge in [0.05, 0.1) is 28.5 Å². The third kappa shape index (κ3) is 3.02. The first kappa shape index (κ1) is 27.4. The summed E-state index contributed by atoms with van der Waals surface area (Å²) in [6.45, 7) is 12.5. The molecule has 9 atom stereocenters. The molecule has 3 saturated carbocycles. The van der Waals surface area contributed by atoms with Crippen molar-refractivity contribution in [1.82, 2.24) is 0 Å². The van der Waals surface area contributed by atoms with Crippen molar-refractivity contribution in [2.24, 2.45) is 39.4 Å². The number of rotatable bonds is 6. The number of aliphatic hydroxyl groups is 1. The maximum atomic E-state index is 14.2. The predicted molar refractivity (Wildman–Crippen MR) is 136 cm³/mol. The molecular formula is C30H40O8. The Bertz CT molecular complexity index is 1210. The molecule has 0 amide bonds. The van der Waals surface area contributed by atoms with Crippen LogP contribution < -0.4 is 0 Å². The van der Waals surface area contributed by atoms with E-state index < -0.39 is 56.5 Å². The molecule has 5 rings (SSSR count). The average molecular weight is 529 g/mol. The van der Waals surface area contributed by atoms with Crippen LogP contribution in [0, 0.1) is 39.4 Å². The normalized spacial score (nSPS) is 45.1. The van der Waals surface area contributed by atoms with Gasteiger partial charge in [-0.1, -0.05) is 34.6 Å². The van der Waals surface area contributed by atoms with E-state index in [0.29, 0.717) is 19.3 Å². The number of ether oxygens (including phenoxy) is 1. The minimum absolute atomic E-state index is 0.0202. The first-order chi connectivity index (χ1) is 17.3. The molecule has 0 radical (unpaired) electrons.